The van der Waals surface area contributed by atoms with E-state index in [0.29, 0.717) is 11.3 Å². The van der Waals surface area contributed by atoms with Crippen LogP contribution in [0, 0.1) is 5.41 Å². The summed E-state index contributed by atoms with van der Waals surface area (Å²) in [5.74, 6) is -0.0584. The largest absolute Gasteiger partial charge is 0.368 e. The summed E-state index contributed by atoms with van der Waals surface area (Å²) < 4.78 is 0. The third kappa shape index (κ3) is 4.50. The molecule has 194 valence electrons. The first-order valence-corrected chi connectivity index (χ1v) is 12.9. The number of nitrogens with one attached hydrogen (secondary N) is 3. The van der Waals surface area contributed by atoms with Crippen LogP contribution in [0.3, 0.4) is 0 Å². The molecule has 0 bridgehead atoms. The Kier molecular flexibility index (Phi) is 5.87. The van der Waals surface area contributed by atoms with E-state index in [1.165, 1.54) is 11.1 Å². The minimum Gasteiger partial charge on any atom is -0.368 e. The van der Waals surface area contributed by atoms with Crippen molar-refractivity contribution >= 4 is 39.2 Å². The molecule has 6 rings (SSSR count). The van der Waals surface area contributed by atoms with Crippen molar-refractivity contribution in [3.05, 3.63) is 55.0 Å². The number of amides is 1. The van der Waals surface area contributed by atoms with E-state index in [0.717, 1.165) is 59.6 Å². The second-order valence-corrected chi connectivity index (χ2v) is 11.1. The number of aromatic nitrogens is 5. The molecule has 0 unspecified atom stereocenters. The third-order valence-electron chi connectivity index (χ3n) is 7.17. The van der Waals surface area contributed by atoms with Crippen LogP contribution in [0.4, 0.5) is 11.4 Å². The summed E-state index contributed by atoms with van der Waals surface area (Å²) in [7, 11) is 2.17. The fraction of sp³-hybridized carbons (Fsp3) is 0.310. The number of fused-ring (bicyclic) bond motifs is 2. The van der Waals surface area contributed by atoms with E-state index in [2.05, 4.69) is 77.6 Å². The molecule has 1 fully saturated rings. The molecule has 38 heavy (non-hydrogen) atoms. The van der Waals surface area contributed by atoms with Gasteiger partial charge in [-0.3, -0.25) is 14.9 Å². The Morgan fingerprint density at radius 3 is 2.55 bits per heavy atom. The van der Waals surface area contributed by atoms with E-state index in [1.54, 1.807) is 18.6 Å². The number of carbonyl (C=O) groups is 1. The predicted molar refractivity (Wildman–Crippen MR) is 152 cm³/mol. The zero-order valence-electron chi connectivity index (χ0n) is 22.2. The lowest BCUT2D eigenvalue weighted by atomic mass is 9.95. The molecule has 0 radical (unpaired) electrons. The van der Waals surface area contributed by atoms with E-state index in [-0.39, 0.29) is 5.91 Å². The van der Waals surface area contributed by atoms with Crippen LogP contribution in [0.1, 0.15) is 20.8 Å². The van der Waals surface area contributed by atoms with Gasteiger partial charge >= 0.3 is 0 Å². The Balaban J connectivity index is 1.35. The summed E-state index contributed by atoms with van der Waals surface area (Å²) in [5, 5.41) is 12.7. The van der Waals surface area contributed by atoms with Gasteiger partial charge in [0.1, 0.15) is 0 Å². The van der Waals surface area contributed by atoms with Crippen molar-refractivity contribution in [2.75, 3.05) is 43.4 Å². The second-order valence-electron chi connectivity index (χ2n) is 11.1. The van der Waals surface area contributed by atoms with Crippen LogP contribution in [-0.4, -0.2) is 69.2 Å². The lowest BCUT2D eigenvalue weighted by Gasteiger charge is -2.34. The highest BCUT2D eigenvalue weighted by atomic mass is 16.2. The van der Waals surface area contributed by atoms with Crippen molar-refractivity contribution in [1.82, 2.24) is 30.0 Å². The summed E-state index contributed by atoms with van der Waals surface area (Å²) >= 11 is 0. The predicted octanol–water partition coefficient (Wildman–Crippen LogP) is 4.90. The number of carbonyl (C=O) groups excluding carboxylic acids is 1. The summed E-state index contributed by atoms with van der Waals surface area (Å²) in [6.45, 7) is 9.80. The average Bonchev–Trinajstić information content (AvgIpc) is 3.52. The molecule has 1 aliphatic rings. The SMILES string of the molecule is CN1CCN(c2cccc3[nH]c(-c4[nH]nc5ncc(-c6cncc(NC(=O)C(C)(C)C)c6)cc45)cc23)CC1. The molecular formula is C29H32N8O. The molecule has 5 heterocycles. The molecule has 0 spiro atoms. The highest BCUT2D eigenvalue weighted by Gasteiger charge is 2.22. The number of anilines is 2. The Bertz CT molecular complexity index is 1640. The number of nitrogens with zero attached hydrogens (tertiary/aromatic N) is 5. The first-order chi connectivity index (χ1) is 18.3. The smallest absolute Gasteiger partial charge is 0.229 e. The Morgan fingerprint density at radius 2 is 1.76 bits per heavy atom. The minimum absolute atomic E-state index is 0.0584. The molecule has 1 aromatic carbocycles. The molecule has 0 atom stereocenters. The lowest BCUT2D eigenvalue weighted by Crippen LogP contribution is -2.44. The van der Waals surface area contributed by atoms with E-state index >= 15 is 0 Å². The molecule has 9 nitrogen and oxygen atoms in total. The van der Waals surface area contributed by atoms with Gasteiger partial charge in [-0.25, -0.2) is 4.98 Å². The second kappa shape index (κ2) is 9.25. The summed E-state index contributed by atoms with van der Waals surface area (Å²) in [5.41, 5.74) is 6.77. The Morgan fingerprint density at radius 1 is 0.974 bits per heavy atom. The summed E-state index contributed by atoms with van der Waals surface area (Å²) in [6, 6.07) is 12.6. The number of benzene rings is 1. The molecule has 9 heteroatoms. The van der Waals surface area contributed by atoms with E-state index in [9.17, 15) is 4.79 Å². The quantitative estimate of drug-likeness (QED) is 0.319. The van der Waals surface area contributed by atoms with Gasteiger partial charge in [0, 0.05) is 77.1 Å². The van der Waals surface area contributed by atoms with Gasteiger partial charge in [-0.05, 0) is 37.4 Å². The van der Waals surface area contributed by atoms with Crippen LogP contribution in [0.5, 0.6) is 0 Å². The van der Waals surface area contributed by atoms with Crippen LogP contribution < -0.4 is 10.2 Å². The van der Waals surface area contributed by atoms with Crippen molar-refractivity contribution in [2.24, 2.45) is 5.41 Å². The van der Waals surface area contributed by atoms with Crippen molar-refractivity contribution in [3.63, 3.8) is 0 Å². The van der Waals surface area contributed by atoms with Crippen molar-refractivity contribution < 1.29 is 4.79 Å². The van der Waals surface area contributed by atoms with Crippen molar-refractivity contribution in [1.29, 1.82) is 0 Å². The zero-order chi connectivity index (χ0) is 26.4. The standard InChI is InChI=1S/C29H32N8O/c1-29(2,3)28(38)32-20-12-18(15-30-17-20)19-13-22-26(34-35-27(22)31-16-19)24-14-21-23(33-24)6-5-7-25(21)37-10-8-36(4)9-11-37/h5-7,12-17,33H,8-11H2,1-4H3,(H,32,38)(H,31,34,35). The lowest BCUT2D eigenvalue weighted by molar-refractivity contribution is -0.123. The molecule has 0 saturated carbocycles. The molecule has 3 N–H and O–H groups in total. The Labute approximate surface area is 221 Å². The number of aromatic amines is 2. The highest BCUT2D eigenvalue weighted by molar-refractivity contribution is 6.00. The number of rotatable bonds is 4. The maximum atomic E-state index is 12.5. The number of pyridine rings is 2. The van der Waals surface area contributed by atoms with Gasteiger partial charge in [-0.2, -0.15) is 5.10 Å². The molecule has 1 saturated heterocycles. The van der Waals surface area contributed by atoms with Crippen molar-refractivity contribution in [3.8, 4) is 22.5 Å². The van der Waals surface area contributed by atoms with Crippen LogP contribution in [-0.2, 0) is 4.79 Å². The van der Waals surface area contributed by atoms with E-state index in [4.69, 9.17) is 0 Å². The first-order valence-electron chi connectivity index (χ1n) is 12.9. The van der Waals surface area contributed by atoms with Gasteiger partial charge in [-0.1, -0.05) is 26.8 Å². The number of hydrogen-bond acceptors (Lipinski definition) is 6. The van der Waals surface area contributed by atoms with Gasteiger partial charge in [-0.15, -0.1) is 0 Å². The minimum atomic E-state index is -0.494. The number of likely N-dealkylation sites (N-methyl/N-ethyl adjacent to an activating group) is 1. The normalized spacial score (nSPS) is 14.9. The third-order valence-corrected chi connectivity index (χ3v) is 7.17. The number of hydrogen-bond donors (Lipinski definition) is 3. The van der Waals surface area contributed by atoms with Gasteiger partial charge in [0.2, 0.25) is 5.91 Å². The maximum Gasteiger partial charge on any atom is 0.229 e. The maximum absolute atomic E-state index is 12.5. The summed E-state index contributed by atoms with van der Waals surface area (Å²) in [4.78, 5) is 29.8. The molecule has 5 aromatic rings. The van der Waals surface area contributed by atoms with Crippen LogP contribution >= 0.6 is 0 Å². The molecule has 0 aliphatic carbocycles. The highest BCUT2D eigenvalue weighted by Crippen LogP contribution is 2.34. The fourth-order valence-corrected chi connectivity index (χ4v) is 4.84. The molecule has 1 aliphatic heterocycles. The van der Waals surface area contributed by atoms with Crippen LogP contribution in [0.15, 0.2) is 55.0 Å². The molecular weight excluding hydrogens is 476 g/mol. The fourth-order valence-electron chi connectivity index (χ4n) is 4.84. The van der Waals surface area contributed by atoms with Crippen LogP contribution in [0.2, 0.25) is 0 Å². The van der Waals surface area contributed by atoms with Gasteiger partial charge in [0.05, 0.1) is 23.3 Å². The molecule has 4 aromatic heterocycles. The monoisotopic (exact) mass is 508 g/mol. The average molecular weight is 509 g/mol. The van der Waals surface area contributed by atoms with Crippen LogP contribution in [0.25, 0.3) is 44.5 Å². The van der Waals surface area contributed by atoms with Gasteiger partial charge in [0.15, 0.2) is 5.65 Å². The van der Waals surface area contributed by atoms with E-state index in [1.807, 2.05) is 26.8 Å². The zero-order valence-corrected chi connectivity index (χ0v) is 22.2. The first kappa shape index (κ1) is 24.1. The van der Waals surface area contributed by atoms with Gasteiger partial charge < -0.3 is 20.1 Å². The Hall–Kier alpha value is -4.24. The number of H-pyrrole nitrogens is 2. The molecule has 1 amide bonds. The van der Waals surface area contributed by atoms with E-state index < -0.39 is 5.41 Å². The van der Waals surface area contributed by atoms with Gasteiger partial charge in [0.25, 0.3) is 0 Å². The number of piperazine rings is 1. The summed E-state index contributed by atoms with van der Waals surface area (Å²) in [6.07, 6.45) is 5.22. The topological polar surface area (TPSA) is 106 Å². The van der Waals surface area contributed by atoms with Crippen molar-refractivity contribution in [2.45, 2.75) is 20.8 Å².